The molecule has 0 aliphatic heterocycles. The van der Waals surface area contributed by atoms with Gasteiger partial charge < -0.3 is 4.74 Å². The summed E-state index contributed by atoms with van der Waals surface area (Å²) in [4.78, 5) is 15.5. The van der Waals surface area contributed by atoms with Gasteiger partial charge >= 0.3 is 5.97 Å². The predicted octanol–water partition coefficient (Wildman–Crippen LogP) is 2.92. The quantitative estimate of drug-likeness (QED) is 0.685. The smallest absolute Gasteiger partial charge is 0.357 e. The molecule has 5 heteroatoms. The summed E-state index contributed by atoms with van der Waals surface area (Å²) in [7, 11) is 1.31. The van der Waals surface area contributed by atoms with E-state index in [1.807, 2.05) is 13.8 Å². The van der Waals surface area contributed by atoms with Crippen molar-refractivity contribution in [1.29, 1.82) is 0 Å². The number of aryl methyl sites for hydroxylation is 1. The van der Waals surface area contributed by atoms with Crippen molar-refractivity contribution in [1.82, 2.24) is 4.98 Å². The molecule has 0 saturated carbocycles. The van der Waals surface area contributed by atoms with Gasteiger partial charge in [0.15, 0.2) is 10.2 Å². The van der Waals surface area contributed by atoms with Crippen LogP contribution in [0.5, 0.6) is 0 Å². The molecule has 0 bridgehead atoms. The number of carbonyl (C=O) groups excluding carboxylic acids is 1. The van der Waals surface area contributed by atoms with E-state index in [0.29, 0.717) is 10.2 Å². The normalized spacial score (nSPS) is 8.69. The minimum Gasteiger partial charge on any atom is -0.464 e. The molecule has 1 heterocycles. The summed E-state index contributed by atoms with van der Waals surface area (Å²) >= 11 is 6.83. The summed E-state index contributed by atoms with van der Waals surface area (Å²) in [6.07, 6.45) is 0. The number of hydrogen-bond acceptors (Lipinski definition) is 4. The van der Waals surface area contributed by atoms with Gasteiger partial charge in [-0.05, 0) is 6.92 Å². The number of hydrogen-bond donors (Lipinski definition) is 0. The monoisotopic (exact) mass is 221 g/mol. The Morgan fingerprint density at radius 3 is 2.38 bits per heavy atom. The zero-order valence-electron chi connectivity index (χ0n) is 8.05. The van der Waals surface area contributed by atoms with Crippen LogP contribution >= 0.6 is 22.9 Å². The Hall–Kier alpha value is -0.610. The van der Waals surface area contributed by atoms with Crippen molar-refractivity contribution in [2.24, 2.45) is 0 Å². The van der Waals surface area contributed by atoms with Crippen molar-refractivity contribution in [3.8, 4) is 0 Å². The number of aromatic nitrogens is 1. The number of rotatable bonds is 1. The highest BCUT2D eigenvalue weighted by atomic mass is 35.5. The van der Waals surface area contributed by atoms with Crippen molar-refractivity contribution in [3.63, 3.8) is 0 Å². The fourth-order valence-corrected chi connectivity index (χ4v) is 1.70. The van der Waals surface area contributed by atoms with Gasteiger partial charge in [-0.2, -0.15) is 0 Å². The van der Waals surface area contributed by atoms with Crippen LogP contribution in [-0.2, 0) is 4.74 Å². The molecule has 0 saturated heterocycles. The van der Waals surface area contributed by atoms with E-state index in [9.17, 15) is 4.79 Å². The summed E-state index contributed by atoms with van der Waals surface area (Å²) < 4.78 is 4.84. The van der Waals surface area contributed by atoms with E-state index in [-0.39, 0.29) is 0 Å². The van der Waals surface area contributed by atoms with Gasteiger partial charge in [-0.3, -0.25) is 0 Å². The third-order valence-corrected chi connectivity index (χ3v) is 2.22. The van der Waals surface area contributed by atoms with Gasteiger partial charge in [0.05, 0.1) is 7.11 Å². The number of nitrogens with zero attached hydrogens (tertiary/aromatic N) is 1. The molecule has 0 aliphatic rings. The van der Waals surface area contributed by atoms with E-state index in [1.165, 1.54) is 18.4 Å². The molecule has 13 heavy (non-hydrogen) atoms. The molecule has 0 spiro atoms. The van der Waals surface area contributed by atoms with Crippen LogP contribution in [0, 0.1) is 6.92 Å². The molecule has 0 radical (unpaired) electrons. The van der Waals surface area contributed by atoms with E-state index < -0.39 is 5.97 Å². The Kier molecular flexibility index (Phi) is 5.66. The number of ether oxygens (including phenoxy) is 1. The van der Waals surface area contributed by atoms with Crippen molar-refractivity contribution in [2.45, 2.75) is 20.8 Å². The molecule has 1 aromatic rings. The maximum Gasteiger partial charge on any atom is 0.357 e. The lowest BCUT2D eigenvalue weighted by atomic mass is 10.4. The number of esters is 1. The average molecular weight is 222 g/mol. The van der Waals surface area contributed by atoms with E-state index in [4.69, 9.17) is 11.6 Å². The standard InChI is InChI=1S/C6H6ClNO2S.C2H6/c1-3-4(5(9)10-2)8-6(7)11-3;1-2/h1-2H3;1-2H3. The minimum absolute atomic E-state index is 0.308. The average Bonchev–Trinajstić information content (AvgIpc) is 2.47. The Balaban J connectivity index is 0.000000671. The first-order valence-corrected chi connectivity index (χ1v) is 5.06. The summed E-state index contributed by atoms with van der Waals surface area (Å²) in [5, 5.41) is 0. The molecular formula is C8H12ClNO2S. The second kappa shape index (κ2) is 5.94. The zero-order chi connectivity index (χ0) is 10.4. The maximum atomic E-state index is 10.9. The van der Waals surface area contributed by atoms with Gasteiger partial charge in [-0.25, -0.2) is 9.78 Å². The Morgan fingerprint density at radius 1 is 1.54 bits per heavy atom. The van der Waals surface area contributed by atoms with Gasteiger partial charge in [0.25, 0.3) is 0 Å². The van der Waals surface area contributed by atoms with Gasteiger partial charge in [-0.1, -0.05) is 25.4 Å². The zero-order valence-corrected chi connectivity index (χ0v) is 9.62. The Morgan fingerprint density at radius 2 is 2.08 bits per heavy atom. The molecular weight excluding hydrogens is 210 g/mol. The van der Waals surface area contributed by atoms with Crippen LogP contribution < -0.4 is 0 Å². The van der Waals surface area contributed by atoms with Crippen LogP contribution in [0.2, 0.25) is 4.47 Å². The molecule has 3 nitrogen and oxygen atoms in total. The first kappa shape index (κ1) is 12.4. The molecule has 74 valence electrons. The minimum atomic E-state index is -0.439. The fourth-order valence-electron chi connectivity index (χ4n) is 0.650. The topological polar surface area (TPSA) is 39.2 Å². The van der Waals surface area contributed by atoms with Crippen LogP contribution in [0.1, 0.15) is 29.2 Å². The second-order valence-corrected chi connectivity index (χ2v) is 3.65. The summed E-state index contributed by atoms with van der Waals surface area (Å²) in [6, 6.07) is 0. The highest BCUT2D eigenvalue weighted by molar-refractivity contribution is 7.15. The largest absolute Gasteiger partial charge is 0.464 e. The van der Waals surface area contributed by atoms with Crippen molar-refractivity contribution >= 4 is 28.9 Å². The van der Waals surface area contributed by atoms with E-state index in [2.05, 4.69) is 9.72 Å². The molecule has 0 N–H and O–H groups in total. The fraction of sp³-hybridized carbons (Fsp3) is 0.500. The van der Waals surface area contributed by atoms with E-state index >= 15 is 0 Å². The van der Waals surface area contributed by atoms with Crippen LogP contribution in [0.25, 0.3) is 0 Å². The van der Waals surface area contributed by atoms with Crippen LogP contribution in [0.3, 0.4) is 0 Å². The first-order chi connectivity index (χ1) is 6.15. The first-order valence-electron chi connectivity index (χ1n) is 3.86. The molecule has 1 rings (SSSR count). The van der Waals surface area contributed by atoms with E-state index in [0.717, 1.165) is 4.88 Å². The third kappa shape index (κ3) is 3.32. The molecule has 0 aromatic carbocycles. The number of carbonyl (C=O) groups is 1. The van der Waals surface area contributed by atoms with Crippen LogP contribution in [0.15, 0.2) is 0 Å². The van der Waals surface area contributed by atoms with Gasteiger partial charge in [0, 0.05) is 4.88 Å². The lowest BCUT2D eigenvalue weighted by Crippen LogP contribution is -2.02. The van der Waals surface area contributed by atoms with Gasteiger partial charge in [0.1, 0.15) is 0 Å². The second-order valence-electron chi connectivity index (χ2n) is 1.86. The number of halogens is 1. The number of methoxy groups -OCH3 is 1. The summed E-state index contributed by atoms with van der Waals surface area (Å²) in [6.45, 7) is 5.77. The number of thiazole rings is 1. The Bertz CT molecular complexity index is 286. The Labute approximate surface area is 86.7 Å². The molecule has 0 unspecified atom stereocenters. The molecule has 0 amide bonds. The molecule has 0 aliphatic carbocycles. The lowest BCUT2D eigenvalue weighted by Gasteiger charge is -1.92. The maximum absolute atomic E-state index is 10.9. The van der Waals surface area contributed by atoms with E-state index in [1.54, 1.807) is 6.92 Å². The lowest BCUT2D eigenvalue weighted by molar-refractivity contribution is 0.0594. The predicted molar refractivity (Wildman–Crippen MR) is 54.5 cm³/mol. The highest BCUT2D eigenvalue weighted by Gasteiger charge is 2.14. The molecule has 1 aromatic heterocycles. The summed E-state index contributed by atoms with van der Waals surface area (Å²) in [5.41, 5.74) is 0.308. The third-order valence-electron chi connectivity index (χ3n) is 1.15. The SMILES string of the molecule is CC.COC(=O)c1nc(Cl)sc1C. The van der Waals surface area contributed by atoms with Gasteiger partial charge in [-0.15, -0.1) is 11.3 Å². The molecule has 0 atom stereocenters. The van der Waals surface area contributed by atoms with Crippen molar-refractivity contribution in [3.05, 3.63) is 15.0 Å². The van der Waals surface area contributed by atoms with Crippen molar-refractivity contribution in [2.75, 3.05) is 7.11 Å². The van der Waals surface area contributed by atoms with Crippen LogP contribution in [0.4, 0.5) is 0 Å². The van der Waals surface area contributed by atoms with Gasteiger partial charge in [0.2, 0.25) is 0 Å². The molecule has 0 fully saturated rings. The highest BCUT2D eigenvalue weighted by Crippen LogP contribution is 2.21. The van der Waals surface area contributed by atoms with Crippen LogP contribution in [-0.4, -0.2) is 18.1 Å². The van der Waals surface area contributed by atoms with Crippen molar-refractivity contribution < 1.29 is 9.53 Å². The summed E-state index contributed by atoms with van der Waals surface area (Å²) in [5.74, 6) is -0.439.